The molecule has 1 N–H and O–H groups in total. The lowest BCUT2D eigenvalue weighted by molar-refractivity contribution is -0.141. The minimum absolute atomic E-state index is 0.403. The molecule has 1 aromatic heterocycles. The molecule has 5 nitrogen and oxygen atoms in total. The van der Waals surface area contributed by atoms with Crippen LogP contribution in [-0.4, -0.2) is 17.5 Å². The van der Waals surface area contributed by atoms with Crippen LogP contribution in [0.4, 0.5) is 11.5 Å². The predicted molar refractivity (Wildman–Crippen MR) is 106 cm³/mol. The predicted octanol–water partition coefficient (Wildman–Crippen LogP) is 4.73. The van der Waals surface area contributed by atoms with Crippen molar-refractivity contribution in [1.29, 1.82) is 0 Å². The molecular weight excluding hydrogens is 362 g/mol. The van der Waals surface area contributed by atoms with Gasteiger partial charge in [-0.2, -0.15) is 5.06 Å². The Kier molecular flexibility index (Phi) is 5.32. The first kappa shape index (κ1) is 18.3. The molecule has 1 aromatic carbocycles. The van der Waals surface area contributed by atoms with Crippen LogP contribution in [0.25, 0.3) is 0 Å². The average molecular weight is 386 g/mol. The molecule has 4 rings (SSSR count). The van der Waals surface area contributed by atoms with Crippen LogP contribution >= 0.6 is 11.6 Å². The van der Waals surface area contributed by atoms with Gasteiger partial charge in [-0.05, 0) is 79.5 Å². The summed E-state index contributed by atoms with van der Waals surface area (Å²) in [6.07, 6.45) is 6.99. The number of anilines is 2. The van der Waals surface area contributed by atoms with E-state index >= 15 is 0 Å². The molecule has 0 spiro atoms. The number of hydrogen-bond donors (Lipinski definition) is 1. The highest BCUT2D eigenvalue weighted by atomic mass is 35.5. The summed E-state index contributed by atoms with van der Waals surface area (Å²) in [6, 6.07) is 9.27. The number of carbonyl (C=O) groups excluding carboxylic acids is 1. The highest BCUT2D eigenvalue weighted by Crippen LogP contribution is 2.43. The summed E-state index contributed by atoms with van der Waals surface area (Å²) in [7, 11) is 0. The Balaban J connectivity index is 1.61. The van der Waals surface area contributed by atoms with Crippen molar-refractivity contribution in [1.82, 2.24) is 10.3 Å². The van der Waals surface area contributed by atoms with Crippen molar-refractivity contribution in [2.75, 3.05) is 11.6 Å². The van der Waals surface area contributed by atoms with Gasteiger partial charge >= 0.3 is 5.97 Å². The molecule has 0 bridgehead atoms. The summed E-state index contributed by atoms with van der Waals surface area (Å²) < 4.78 is 0. The van der Waals surface area contributed by atoms with Crippen LogP contribution < -0.4 is 10.4 Å². The summed E-state index contributed by atoms with van der Waals surface area (Å²) >= 11 is 6.12. The molecule has 2 aromatic rings. The van der Waals surface area contributed by atoms with Gasteiger partial charge in [0.2, 0.25) is 0 Å². The molecule has 2 fully saturated rings. The molecule has 0 radical (unpaired) electrons. The third kappa shape index (κ3) is 4.79. The Morgan fingerprint density at radius 1 is 1.30 bits per heavy atom. The van der Waals surface area contributed by atoms with Crippen LogP contribution in [-0.2, 0) is 16.2 Å². The van der Waals surface area contributed by atoms with Gasteiger partial charge in [0.25, 0.3) is 0 Å². The minimum atomic E-state index is -0.403. The smallest absolute Gasteiger partial charge is 0.329 e. The van der Waals surface area contributed by atoms with Gasteiger partial charge < -0.3 is 10.2 Å². The number of pyridine rings is 1. The SMILES string of the molecule is CC(=O)ON(c1cccc(Cl)c1)c1cc(C2CC2)c(CNCC2CC2)cn1. The van der Waals surface area contributed by atoms with Gasteiger partial charge in [0, 0.05) is 24.7 Å². The quantitative estimate of drug-likeness (QED) is 0.666. The zero-order valence-corrected chi connectivity index (χ0v) is 16.2. The van der Waals surface area contributed by atoms with Crippen LogP contribution in [0.2, 0.25) is 5.02 Å². The number of rotatable bonds is 8. The third-order valence-electron chi connectivity index (χ3n) is 4.94. The van der Waals surface area contributed by atoms with E-state index in [1.54, 1.807) is 12.1 Å². The molecule has 0 amide bonds. The van der Waals surface area contributed by atoms with E-state index < -0.39 is 5.97 Å². The zero-order valence-electron chi connectivity index (χ0n) is 15.5. The van der Waals surface area contributed by atoms with E-state index in [2.05, 4.69) is 16.4 Å². The minimum Gasteiger partial charge on any atom is -0.335 e. The molecule has 0 saturated heterocycles. The van der Waals surface area contributed by atoms with E-state index in [4.69, 9.17) is 16.4 Å². The highest BCUT2D eigenvalue weighted by molar-refractivity contribution is 6.30. The maximum absolute atomic E-state index is 11.7. The van der Waals surface area contributed by atoms with Crippen molar-refractivity contribution in [3.63, 3.8) is 0 Å². The van der Waals surface area contributed by atoms with E-state index in [0.717, 1.165) is 19.0 Å². The Hall–Kier alpha value is -2.11. The van der Waals surface area contributed by atoms with E-state index in [1.807, 2.05) is 18.3 Å². The summed E-state index contributed by atoms with van der Waals surface area (Å²) in [5, 5.41) is 5.59. The van der Waals surface area contributed by atoms with Crippen molar-refractivity contribution < 1.29 is 9.63 Å². The maximum Gasteiger partial charge on any atom is 0.329 e. The standard InChI is InChI=1S/C21H24ClN3O2/c1-14(26)27-25(19-4-2-3-18(22)9-19)21-10-20(16-7-8-16)17(13-24-21)12-23-11-15-5-6-15/h2-4,9-10,13,15-16,23H,5-8,11-12H2,1H3. The molecule has 27 heavy (non-hydrogen) atoms. The molecule has 0 aliphatic heterocycles. The van der Waals surface area contributed by atoms with Crippen molar-refractivity contribution in [2.24, 2.45) is 5.92 Å². The van der Waals surface area contributed by atoms with Crippen LogP contribution in [0.5, 0.6) is 0 Å². The molecule has 2 saturated carbocycles. The lowest BCUT2D eigenvalue weighted by Crippen LogP contribution is -2.23. The Bertz CT molecular complexity index is 834. The Morgan fingerprint density at radius 3 is 2.78 bits per heavy atom. The van der Waals surface area contributed by atoms with E-state index in [-0.39, 0.29) is 0 Å². The third-order valence-corrected chi connectivity index (χ3v) is 5.18. The fraction of sp³-hybridized carbons (Fsp3) is 0.429. The van der Waals surface area contributed by atoms with Gasteiger partial charge in [-0.25, -0.2) is 9.78 Å². The maximum atomic E-state index is 11.7. The van der Waals surface area contributed by atoms with Crippen molar-refractivity contribution in [3.05, 3.63) is 52.7 Å². The van der Waals surface area contributed by atoms with Gasteiger partial charge in [0.05, 0.1) is 5.69 Å². The number of carbonyl (C=O) groups is 1. The van der Waals surface area contributed by atoms with Crippen LogP contribution in [0.15, 0.2) is 36.5 Å². The Labute approximate surface area is 164 Å². The number of benzene rings is 1. The van der Waals surface area contributed by atoms with Gasteiger partial charge in [0.1, 0.15) is 0 Å². The molecular formula is C21H24ClN3O2. The lowest BCUT2D eigenvalue weighted by Gasteiger charge is -2.23. The van der Waals surface area contributed by atoms with Crippen molar-refractivity contribution >= 4 is 29.1 Å². The van der Waals surface area contributed by atoms with Crippen LogP contribution in [0.3, 0.4) is 0 Å². The van der Waals surface area contributed by atoms with Gasteiger partial charge in [-0.1, -0.05) is 17.7 Å². The molecule has 0 unspecified atom stereocenters. The lowest BCUT2D eigenvalue weighted by atomic mass is 10.1. The van der Waals surface area contributed by atoms with Crippen molar-refractivity contribution in [2.45, 2.75) is 45.1 Å². The molecule has 2 aliphatic rings. The number of aromatic nitrogens is 1. The summed E-state index contributed by atoms with van der Waals surface area (Å²) in [6.45, 7) is 3.30. The molecule has 142 valence electrons. The van der Waals surface area contributed by atoms with Crippen molar-refractivity contribution in [3.8, 4) is 0 Å². The first-order valence-electron chi connectivity index (χ1n) is 9.54. The summed E-state index contributed by atoms with van der Waals surface area (Å²) in [5.74, 6) is 1.62. The van der Waals surface area contributed by atoms with Gasteiger partial charge in [-0.3, -0.25) is 0 Å². The fourth-order valence-electron chi connectivity index (χ4n) is 3.22. The van der Waals surface area contributed by atoms with Gasteiger partial charge in [-0.15, -0.1) is 0 Å². The van der Waals surface area contributed by atoms with Gasteiger partial charge in [0.15, 0.2) is 5.82 Å². The molecule has 1 heterocycles. The number of hydrogen-bond acceptors (Lipinski definition) is 5. The summed E-state index contributed by atoms with van der Waals surface area (Å²) in [5.41, 5.74) is 3.20. The molecule has 6 heteroatoms. The zero-order chi connectivity index (χ0) is 18.8. The second-order valence-corrected chi connectivity index (χ2v) is 7.88. The monoisotopic (exact) mass is 385 g/mol. The normalized spacial score (nSPS) is 16.2. The largest absolute Gasteiger partial charge is 0.335 e. The van der Waals surface area contributed by atoms with E-state index in [1.165, 1.54) is 48.8 Å². The van der Waals surface area contributed by atoms with E-state index in [9.17, 15) is 4.79 Å². The van der Waals surface area contributed by atoms with Crippen LogP contribution in [0, 0.1) is 5.92 Å². The highest BCUT2D eigenvalue weighted by Gasteiger charge is 2.28. The van der Waals surface area contributed by atoms with Crippen LogP contribution in [0.1, 0.15) is 49.7 Å². The number of nitrogens with one attached hydrogen (secondary N) is 1. The first-order valence-corrected chi connectivity index (χ1v) is 9.91. The fourth-order valence-corrected chi connectivity index (χ4v) is 3.40. The topological polar surface area (TPSA) is 54.5 Å². The Morgan fingerprint density at radius 2 is 2.11 bits per heavy atom. The first-order chi connectivity index (χ1) is 13.1. The molecule has 2 aliphatic carbocycles. The average Bonchev–Trinajstić information content (AvgIpc) is 3.54. The number of halogens is 1. The summed E-state index contributed by atoms with van der Waals surface area (Å²) in [4.78, 5) is 21.7. The molecule has 0 atom stereocenters. The van der Waals surface area contributed by atoms with E-state index in [0.29, 0.717) is 22.4 Å². The number of nitrogens with zero attached hydrogens (tertiary/aromatic N) is 2. The second-order valence-electron chi connectivity index (χ2n) is 7.45. The second kappa shape index (κ2) is 7.87.